The highest BCUT2D eigenvalue weighted by Gasteiger charge is 2.12. The van der Waals surface area contributed by atoms with Crippen molar-refractivity contribution in [2.75, 3.05) is 7.11 Å². The van der Waals surface area contributed by atoms with E-state index in [0.29, 0.717) is 12.1 Å². The van der Waals surface area contributed by atoms with E-state index in [1.165, 1.54) is 0 Å². The van der Waals surface area contributed by atoms with E-state index in [2.05, 4.69) is 29.1 Å². The number of nitrogens with zero attached hydrogens (tertiary/aromatic N) is 2. The van der Waals surface area contributed by atoms with Crippen LogP contribution in [0.4, 0.5) is 0 Å². The Morgan fingerprint density at radius 3 is 2.76 bits per heavy atom. The number of rotatable bonds is 5. The van der Waals surface area contributed by atoms with Crippen LogP contribution in [0.15, 0.2) is 36.8 Å². The maximum atomic E-state index is 12.2. The van der Waals surface area contributed by atoms with E-state index < -0.39 is 0 Å². The number of amides is 1. The molecule has 0 radical (unpaired) electrons. The Morgan fingerprint density at radius 2 is 2.14 bits per heavy atom. The molecule has 0 saturated carbocycles. The second-order valence-corrected chi connectivity index (χ2v) is 4.99. The van der Waals surface area contributed by atoms with E-state index in [1.54, 1.807) is 31.8 Å². The standard InChI is InChI=1S/C16H19N3O2/c1-11(2)14-8-12(4-5-15(14)21-3)16(20)19-10-13-9-17-6-7-18-13/h4-9,11H,10H2,1-3H3,(H,19,20). The van der Waals surface area contributed by atoms with Gasteiger partial charge in [-0.15, -0.1) is 0 Å². The molecule has 0 aliphatic heterocycles. The maximum Gasteiger partial charge on any atom is 0.251 e. The van der Waals surface area contributed by atoms with Crippen molar-refractivity contribution < 1.29 is 9.53 Å². The molecule has 110 valence electrons. The van der Waals surface area contributed by atoms with Gasteiger partial charge in [0.1, 0.15) is 5.75 Å². The van der Waals surface area contributed by atoms with Crippen LogP contribution in [0.2, 0.25) is 0 Å². The summed E-state index contributed by atoms with van der Waals surface area (Å²) in [5.41, 5.74) is 2.36. The van der Waals surface area contributed by atoms with Crippen LogP contribution in [-0.2, 0) is 6.54 Å². The first-order valence-electron chi connectivity index (χ1n) is 6.83. The molecule has 0 saturated heterocycles. The topological polar surface area (TPSA) is 64.1 Å². The van der Waals surface area contributed by atoms with Crippen LogP contribution in [-0.4, -0.2) is 23.0 Å². The normalized spacial score (nSPS) is 10.5. The van der Waals surface area contributed by atoms with Gasteiger partial charge in [-0.2, -0.15) is 0 Å². The largest absolute Gasteiger partial charge is 0.496 e. The van der Waals surface area contributed by atoms with Gasteiger partial charge in [-0.25, -0.2) is 0 Å². The monoisotopic (exact) mass is 285 g/mol. The number of hydrogen-bond acceptors (Lipinski definition) is 4. The molecule has 0 aliphatic rings. The zero-order valence-corrected chi connectivity index (χ0v) is 12.5. The summed E-state index contributed by atoms with van der Waals surface area (Å²) in [5, 5.41) is 2.84. The third kappa shape index (κ3) is 3.78. The van der Waals surface area contributed by atoms with Gasteiger partial charge >= 0.3 is 0 Å². The van der Waals surface area contributed by atoms with E-state index in [-0.39, 0.29) is 11.8 Å². The van der Waals surface area contributed by atoms with Crippen molar-refractivity contribution >= 4 is 5.91 Å². The van der Waals surface area contributed by atoms with E-state index in [4.69, 9.17) is 4.74 Å². The van der Waals surface area contributed by atoms with Crippen LogP contribution in [0.25, 0.3) is 0 Å². The first kappa shape index (κ1) is 15.0. The lowest BCUT2D eigenvalue weighted by molar-refractivity contribution is 0.0950. The zero-order valence-electron chi connectivity index (χ0n) is 12.5. The molecule has 0 unspecified atom stereocenters. The molecule has 1 aromatic carbocycles. The molecule has 0 atom stereocenters. The van der Waals surface area contributed by atoms with Gasteiger partial charge in [-0.05, 0) is 29.7 Å². The minimum atomic E-state index is -0.134. The Bertz CT molecular complexity index is 612. The molecule has 0 bridgehead atoms. The lowest BCUT2D eigenvalue weighted by Crippen LogP contribution is -2.23. The van der Waals surface area contributed by atoms with Crippen LogP contribution in [0.3, 0.4) is 0 Å². The molecule has 2 aromatic rings. The van der Waals surface area contributed by atoms with Gasteiger partial charge < -0.3 is 10.1 Å². The number of ether oxygens (including phenoxy) is 1. The van der Waals surface area contributed by atoms with Crippen molar-refractivity contribution in [3.63, 3.8) is 0 Å². The van der Waals surface area contributed by atoms with Crippen molar-refractivity contribution in [1.82, 2.24) is 15.3 Å². The Kier molecular flexibility index (Phi) is 4.87. The Labute approximate surface area is 124 Å². The second-order valence-electron chi connectivity index (χ2n) is 4.99. The first-order valence-corrected chi connectivity index (χ1v) is 6.83. The predicted molar refractivity (Wildman–Crippen MR) is 80.3 cm³/mol. The summed E-state index contributed by atoms with van der Waals surface area (Å²) < 4.78 is 5.32. The molecule has 1 aromatic heterocycles. The van der Waals surface area contributed by atoms with Gasteiger partial charge in [-0.3, -0.25) is 14.8 Å². The molecular formula is C16H19N3O2. The molecule has 5 nitrogen and oxygen atoms in total. The highest BCUT2D eigenvalue weighted by atomic mass is 16.5. The average Bonchev–Trinajstić information content (AvgIpc) is 2.52. The summed E-state index contributed by atoms with van der Waals surface area (Å²) in [6.45, 7) is 4.49. The predicted octanol–water partition coefficient (Wildman–Crippen LogP) is 2.54. The molecule has 21 heavy (non-hydrogen) atoms. The molecule has 0 aliphatic carbocycles. The van der Waals surface area contributed by atoms with Gasteiger partial charge in [-0.1, -0.05) is 13.8 Å². The molecule has 1 heterocycles. The summed E-state index contributed by atoms with van der Waals surface area (Å²) in [6, 6.07) is 5.46. The van der Waals surface area contributed by atoms with Crippen molar-refractivity contribution in [3.8, 4) is 5.75 Å². The molecular weight excluding hydrogens is 266 g/mol. The van der Waals surface area contributed by atoms with E-state index in [0.717, 1.165) is 17.0 Å². The summed E-state index contributed by atoms with van der Waals surface area (Å²) in [5.74, 6) is 0.952. The smallest absolute Gasteiger partial charge is 0.251 e. The molecule has 2 rings (SSSR count). The number of carbonyl (C=O) groups is 1. The van der Waals surface area contributed by atoms with E-state index >= 15 is 0 Å². The number of aromatic nitrogens is 2. The van der Waals surface area contributed by atoms with Crippen molar-refractivity contribution in [2.45, 2.75) is 26.3 Å². The van der Waals surface area contributed by atoms with Crippen LogP contribution >= 0.6 is 0 Å². The lowest BCUT2D eigenvalue weighted by atomic mass is 9.99. The highest BCUT2D eigenvalue weighted by Crippen LogP contribution is 2.27. The lowest BCUT2D eigenvalue weighted by Gasteiger charge is -2.13. The van der Waals surface area contributed by atoms with Gasteiger partial charge in [0.15, 0.2) is 0 Å². The highest BCUT2D eigenvalue weighted by molar-refractivity contribution is 5.94. The fraction of sp³-hybridized carbons (Fsp3) is 0.312. The fourth-order valence-corrected chi connectivity index (χ4v) is 2.02. The number of hydrogen-bond donors (Lipinski definition) is 1. The summed E-state index contributed by atoms with van der Waals surface area (Å²) in [6.07, 6.45) is 4.84. The summed E-state index contributed by atoms with van der Waals surface area (Å²) in [4.78, 5) is 20.3. The average molecular weight is 285 g/mol. The van der Waals surface area contributed by atoms with Gasteiger partial charge in [0.2, 0.25) is 0 Å². The molecule has 0 spiro atoms. The Hall–Kier alpha value is -2.43. The molecule has 5 heteroatoms. The fourth-order valence-electron chi connectivity index (χ4n) is 2.02. The molecule has 1 N–H and O–H groups in total. The third-order valence-electron chi connectivity index (χ3n) is 3.16. The van der Waals surface area contributed by atoms with E-state index in [1.807, 2.05) is 12.1 Å². The van der Waals surface area contributed by atoms with Crippen LogP contribution in [0.5, 0.6) is 5.75 Å². The third-order valence-corrected chi connectivity index (χ3v) is 3.16. The van der Waals surface area contributed by atoms with E-state index in [9.17, 15) is 4.79 Å². The van der Waals surface area contributed by atoms with Gasteiger partial charge in [0.05, 0.1) is 25.5 Å². The minimum absolute atomic E-state index is 0.134. The Balaban J connectivity index is 2.10. The minimum Gasteiger partial charge on any atom is -0.496 e. The van der Waals surface area contributed by atoms with Crippen molar-refractivity contribution in [1.29, 1.82) is 0 Å². The summed E-state index contributed by atoms with van der Waals surface area (Å²) in [7, 11) is 1.63. The quantitative estimate of drug-likeness (QED) is 0.917. The number of benzene rings is 1. The van der Waals surface area contributed by atoms with Crippen molar-refractivity contribution in [3.05, 3.63) is 53.6 Å². The van der Waals surface area contributed by atoms with Crippen LogP contribution in [0.1, 0.15) is 41.4 Å². The second kappa shape index (κ2) is 6.83. The first-order chi connectivity index (χ1) is 10.1. The molecule has 1 amide bonds. The SMILES string of the molecule is COc1ccc(C(=O)NCc2cnccn2)cc1C(C)C. The number of carbonyl (C=O) groups excluding carboxylic acids is 1. The van der Waals surface area contributed by atoms with Crippen molar-refractivity contribution in [2.24, 2.45) is 0 Å². The summed E-state index contributed by atoms with van der Waals surface area (Å²) >= 11 is 0. The van der Waals surface area contributed by atoms with Crippen LogP contribution in [0, 0.1) is 0 Å². The molecule has 0 fully saturated rings. The van der Waals surface area contributed by atoms with Gasteiger partial charge in [0.25, 0.3) is 5.91 Å². The zero-order chi connectivity index (χ0) is 15.2. The van der Waals surface area contributed by atoms with Crippen LogP contribution < -0.4 is 10.1 Å². The number of nitrogens with one attached hydrogen (secondary N) is 1. The Morgan fingerprint density at radius 1 is 1.33 bits per heavy atom. The van der Waals surface area contributed by atoms with Gasteiger partial charge in [0, 0.05) is 18.0 Å². The maximum absolute atomic E-state index is 12.2. The number of methoxy groups -OCH3 is 1.